The summed E-state index contributed by atoms with van der Waals surface area (Å²) in [7, 11) is 0. The Bertz CT molecular complexity index is 702. The van der Waals surface area contributed by atoms with Gasteiger partial charge >= 0.3 is 6.18 Å². The molecule has 2 rings (SSSR count). The first kappa shape index (κ1) is 24.4. The van der Waals surface area contributed by atoms with Crippen molar-refractivity contribution in [2.24, 2.45) is 11.8 Å². The summed E-state index contributed by atoms with van der Waals surface area (Å²) in [4.78, 5) is 0. The lowest BCUT2D eigenvalue weighted by atomic mass is 9.90. The Morgan fingerprint density at radius 3 is 2.73 bits per heavy atom. The van der Waals surface area contributed by atoms with Crippen LogP contribution in [0.15, 0.2) is 48.6 Å². The molecule has 0 spiro atoms. The summed E-state index contributed by atoms with van der Waals surface area (Å²) < 4.78 is 57.8. The summed E-state index contributed by atoms with van der Waals surface area (Å²) in [5.41, 5.74) is -0.833. The molecule has 1 fully saturated rings. The minimum Gasteiger partial charge on any atom is -0.491 e. The molecule has 7 heteroatoms. The van der Waals surface area contributed by atoms with E-state index in [0.29, 0.717) is 6.42 Å². The summed E-state index contributed by atoms with van der Waals surface area (Å²) in [5.74, 6) is -0.809. The Morgan fingerprint density at radius 1 is 1.27 bits per heavy atom. The second-order valence-electron chi connectivity index (χ2n) is 7.70. The minimum atomic E-state index is -4.47. The van der Waals surface area contributed by atoms with E-state index in [1.54, 1.807) is 6.08 Å². The Balaban J connectivity index is 1.90. The summed E-state index contributed by atoms with van der Waals surface area (Å²) >= 11 is 0. The molecule has 1 aromatic rings. The SMILES string of the molecule is CCCC/C=C\C[C@H]1C(O)CC(F)[C@@H]1/C=C/C(O)COc1cccc(C(F)(F)F)c1. The van der Waals surface area contributed by atoms with Crippen molar-refractivity contribution in [2.45, 2.75) is 63.6 Å². The van der Waals surface area contributed by atoms with Gasteiger partial charge in [0.15, 0.2) is 0 Å². The Labute approximate surface area is 175 Å². The van der Waals surface area contributed by atoms with Crippen LogP contribution in [0.2, 0.25) is 0 Å². The molecule has 30 heavy (non-hydrogen) atoms. The lowest BCUT2D eigenvalue weighted by Crippen LogP contribution is -2.20. The van der Waals surface area contributed by atoms with Crippen LogP contribution in [0.25, 0.3) is 0 Å². The first-order valence-electron chi connectivity index (χ1n) is 10.4. The molecule has 1 aliphatic carbocycles. The van der Waals surface area contributed by atoms with Gasteiger partial charge in [-0.1, -0.05) is 50.1 Å². The monoisotopic (exact) mass is 430 g/mol. The largest absolute Gasteiger partial charge is 0.491 e. The molecule has 0 heterocycles. The van der Waals surface area contributed by atoms with Gasteiger partial charge in [-0.3, -0.25) is 0 Å². The topological polar surface area (TPSA) is 49.7 Å². The highest BCUT2D eigenvalue weighted by Gasteiger charge is 2.40. The van der Waals surface area contributed by atoms with Gasteiger partial charge in [-0.25, -0.2) is 4.39 Å². The lowest BCUT2D eigenvalue weighted by molar-refractivity contribution is -0.137. The number of halogens is 4. The van der Waals surface area contributed by atoms with E-state index in [-0.39, 0.29) is 24.7 Å². The van der Waals surface area contributed by atoms with E-state index in [2.05, 4.69) is 6.92 Å². The molecule has 1 aromatic carbocycles. The highest BCUT2D eigenvalue weighted by Crippen LogP contribution is 2.38. The van der Waals surface area contributed by atoms with E-state index in [4.69, 9.17) is 4.74 Å². The molecular weight excluding hydrogens is 400 g/mol. The van der Waals surface area contributed by atoms with E-state index < -0.39 is 36.0 Å². The van der Waals surface area contributed by atoms with E-state index in [1.807, 2.05) is 12.2 Å². The van der Waals surface area contributed by atoms with Crippen molar-refractivity contribution in [1.29, 1.82) is 0 Å². The van der Waals surface area contributed by atoms with Gasteiger partial charge < -0.3 is 14.9 Å². The molecule has 0 aromatic heterocycles. The van der Waals surface area contributed by atoms with Gasteiger partial charge in [0.25, 0.3) is 0 Å². The van der Waals surface area contributed by atoms with Gasteiger partial charge in [0.1, 0.15) is 24.6 Å². The van der Waals surface area contributed by atoms with Crippen LogP contribution in [-0.2, 0) is 6.18 Å². The van der Waals surface area contributed by atoms with Gasteiger partial charge in [0.2, 0.25) is 0 Å². The predicted molar refractivity (Wildman–Crippen MR) is 108 cm³/mol. The standard InChI is InChI=1S/C23H30F4O3/c1-2-3-4-5-6-10-20-19(21(24)14-22(20)29)12-11-17(28)15-30-18-9-7-8-16(13-18)23(25,26)27/h5-9,11-13,17,19-22,28-29H,2-4,10,14-15H2,1H3/b6-5-,12-11+/t17?,19-,20-,21?,22?/m1/s1. The molecule has 1 saturated carbocycles. The number of hydrogen-bond donors (Lipinski definition) is 2. The second kappa shape index (κ2) is 11.5. The molecule has 168 valence electrons. The number of allylic oxidation sites excluding steroid dienone is 3. The van der Waals surface area contributed by atoms with Gasteiger partial charge in [-0.05, 0) is 37.0 Å². The zero-order chi connectivity index (χ0) is 22.1. The van der Waals surface area contributed by atoms with Gasteiger partial charge in [-0.2, -0.15) is 13.2 Å². The predicted octanol–water partition coefficient (Wildman–Crippen LogP) is 5.47. The van der Waals surface area contributed by atoms with Gasteiger partial charge in [0.05, 0.1) is 11.7 Å². The van der Waals surface area contributed by atoms with E-state index in [1.165, 1.54) is 18.2 Å². The minimum absolute atomic E-state index is 0.00738. The third kappa shape index (κ3) is 7.43. The summed E-state index contributed by atoms with van der Waals surface area (Å²) in [6.07, 6.45) is 3.14. The maximum absolute atomic E-state index is 14.3. The first-order chi connectivity index (χ1) is 14.2. The third-order valence-corrected chi connectivity index (χ3v) is 5.31. The number of hydrogen-bond acceptors (Lipinski definition) is 3. The van der Waals surface area contributed by atoms with Crippen molar-refractivity contribution in [2.75, 3.05) is 6.61 Å². The average Bonchev–Trinajstić information content (AvgIpc) is 2.96. The van der Waals surface area contributed by atoms with Crippen LogP contribution in [-0.4, -0.2) is 35.2 Å². The fourth-order valence-corrected chi connectivity index (χ4v) is 3.61. The Kier molecular flexibility index (Phi) is 9.37. The zero-order valence-electron chi connectivity index (χ0n) is 17.1. The normalized spacial score (nSPS) is 26.0. The number of alkyl halides is 4. The molecule has 0 bridgehead atoms. The highest BCUT2D eigenvalue weighted by molar-refractivity contribution is 5.30. The van der Waals surface area contributed by atoms with Crippen molar-refractivity contribution in [3.05, 3.63) is 54.1 Å². The van der Waals surface area contributed by atoms with Crippen molar-refractivity contribution >= 4 is 0 Å². The molecule has 3 nitrogen and oxygen atoms in total. The van der Waals surface area contributed by atoms with E-state index >= 15 is 0 Å². The average molecular weight is 430 g/mol. The van der Waals surface area contributed by atoms with Crippen molar-refractivity contribution in [3.8, 4) is 5.75 Å². The second-order valence-corrected chi connectivity index (χ2v) is 7.70. The molecule has 0 saturated heterocycles. The fraction of sp³-hybridized carbons (Fsp3) is 0.565. The molecular formula is C23H30F4O3. The number of unbranched alkanes of at least 4 members (excludes halogenated alkanes) is 2. The number of aliphatic hydroxyl groups excluding tert-OH is 2. The van der Waals surface area contributed by atoms with Crippen LogP contribution < -0.4 is 4.74 Å². The van der Waals surface area contributed by atoms with E-state index in [0.717, 1.165) is 31.4 Å². The van der Waals surface area contributed by atoms with E-state index in [9.17, 15) is 27.8 Å². The smallest absolute Gasteiger partial charge is 0.416 e. The molecule has 0 radical (unpaired) electrons. The lowest BCUT2D eigenvalue weighted by Gasteiger charge is -2.19. The van der Waals surface area contributed by atoms with Gasteiger partial charge in [-0.15, -0.1) is 0 Å². The van der Waals surface area contributed by atoms with Gasteiger partial charge in [0, 0.05) is 12.3 Å². The molecule has 5 atom stereocenters. The van der Waals surface area contributed by atoms with Crippen LogP contribution in [0, 0.1) is 11.8 Å². The van der Waals surface area contributed by atoms with Crippen LogP contribution in [0.3, 0.4) is 0 Å². The molecule has 0 aliphatic heterocycles. The van der Waals surface area contributed by atoms with Crippen LogP contribution in [0.4, 0.5) is 17.6 Å². The van der Waals surface area contributed by atoms with Crippen molar-refractivity contribution in [3.63, 3.8) is 0 Å². The van der Waals surface area contributed by atoms with Crippen LogP contribution in [0.1, 0.15) is 44.6 Å². The maximum atomic E-state index is 14.3. The van der Waals surface area contributed by atoms with Crippen molar-refractivity contribution < 1.29 is 32.5 Å². The Hall–Kier alpha value is -1.86. The summed E-state index contributed by atoms with van der Waals surface area (Å²) in [6.45, 7) is 1.84. The Morgan fingerprint density at radius 2 is 2.03 bits per heavy atom. The summed E-state index contributed by atoms with van der Waals surface area (Å²) in [6, 6.07) is 4.40. The first-order valence-corrected chi connectivity index (χ1v) is 10.4. The van der Waals surface area contributed by atoms with Crippen LogP contribution >= 0.6 is 0 Å². The number of rotatable bonds is 10. The molecule has 2 N–H and O–H groups in total. The number of aliphatic hydroxyl groups is 2. The van der Waals surface area contributed by atoms with Crippen LogP contribution in [0.5, 0.6) is 5.75 Å². The molecule has 0 amide bonds. The highest BCUT2D eigenvalue weighted by atomic mass is 19.4. The molecule has 3 unspecified atom stereocenters. The summed E-state index contributed by atoms with van der Waals surface area (Å²) in [5, 5.41) is 20.2. The quantitative estimate of drug-likeness (QED) is 0.294. The van der Waals surface area contributed by atoms with Crippen molar-refractivity contribution in [1.82, 2.24) is 0 Å². The fourth-order valence-electron chi connectivity index (χ4n) is 3.61. The third-order valence-electron chi connectivity index (χ3n) is 5.31. The maximum Gasteiger partial charge on any atom is 0.416 e. The zero-order valence-corrected chi connectivity index (χ0v) is 17.1. The molecule has 1 aliphatic rings. The number of benzene rings is 1. The number of ether oxygens (including phenoxy) is 1.